The molecule has 0 amide bonds. The molecule has 2 N–H and O–H groups in total. The van der Waals surface area contributed by atoms with Gasteiger partial charge in [0.25, 0.3) is 0 Å². The topological polar surface area (TPSA) is 24.1 Å². The van der Waals surface area contributed by atoms with E-state index in [9.17, 15) is 4.39 Å². The maximum Gasteiger partial charge on any atom is 0.195 e. The number of rotatable bonds is 1. The van der Waals surface area contributed by atoms with Gasteiger partial charge in [-0.2, -0.15) is 4.39 Å². The van der Waals surface area contributed by atoms with Crippen LogP contribution in [0, 0.1) is 0 Å². The summed E-state index contributed by atoms with van der Waals surface area (Å²) in [6, 6.07) is 0.380. The normalized spacial score (nSPS) is 29.7. The first-order chi connectivity index (χ1) is 7.16. The Hall–Kier alpha value is -1.51. The van der Waals surface area contributed by atoms with E-state index < -0.39 is 0 Å². The summed E-state index contributed by atoms with van der Waals surface area (Å²) in [5, 5.41) is 5.91. The molecular weight excluding hydrogens is 191 g/mol. The molecule has 15 heavy (non-hydrogen) atoms. The second-order valence-electron chi connectivity index (χ2n) is 3.93. The number of hydrogen-bond acceptors (Lipinski definition) is 2. The van der Waals surface area contributed by atoms with Crippen LogP contribution in [0.3, 0.4) is 0 Å². The smallest absolute Gasteiger partial charge is 0.195 e. The van der Waals surface area contributed by atoms with E-state index in [0.29, 0.717) is 11.6 Å². The second kappa shape index (κ2) is 3.93. The molecule has 2 aliphatic heterocycles. The summed E-state index contributed by atoms with van der Waals surface area (Å²) in [7, 11) is 0. The van der Waals surface area contributed by atoms with Crippen LogP contribution in [0.5, 0.6) is 0 Å². The van der Waals surface area contributed by atoms with Crippen molar-refractivity contribution in [3.63, 3.8) is 0 Å². The minimum atomic E-state index is -0.253. The van der Waals surface area contributed by atoms with Gasteiger partial charge >= 0.3 is 0 Å². The Balaban J connectivity index is 2.22. The SMILES string of the molecule is CC1C=CC(C2=C(F)NC(C)C=C2)=CN1. The molecule has 0 aromatic rings. The molecule has 2 rings (SSSR count). The molecule has 0 saturated heterocycles. The van der Waals surface area contributed by atoms with Crippen LogP contribution < -0.4 is 10.6 Å². The quantitative estimate of drug-likeness (QED) is 0.642. The standard InChI is InChI=1S/C12H15FN2/c1-8-3-5-10(7-14-8)11-6-4-9(2)15-12(11)13/h3-9,14-15H,1-2H3. The molecule has 0 saturated carbocycles. The fourth-order valence-corrected chi connectivity index (χ4v) is 1.60. The van der Waals surface area contributed by atoms with Gasteiger partial charge in [-0.15, -0.1) is 0 Å². The van der Waals surface area contributed by atoms with Crippen LogP contribution >= 0.6 is 0 Å². The third-order valence-electron chi connectivity index (χ3n) is 2.52. The summed E-state index contributed by atoms with van der Waals surface area (Å²) >= 11 is 0. The predicted molar refractivity (Wildman–Crippen MR) is 59.7 cm³/mol. The Labute approximate surface area is 89.2 Å². The fraction of sp³-hybridized carbons (Fsp3) is 0.333. The average Bonchev–Trinajstić information content (AvgIpc) is 2.20. The Morgan fingerprint density at radius 2 is 1.87 bits per heavy atom. The summed E-state index contributed by atoms with van der Waals surface area (Å²) in [5.41, 5.74) is 1.49. The zero-order chi connectivity index (χ0) is 10.8. The van der Waals surface area contributed by atoms with Crippen LogP contribution in [0.4, 0.5) is 4.39 Å². The van der Waals surface area contributed by atoms with E-state index in [1.807, 2.05) is 44.4 Å². The lowest BCUT2D eigenvalue weighted by Gasteiger charge is -2.20. The molecule has 0 radical (unpaired) electrons. The summed E-state index contributed by atoms with van der Waals surface area (Å²) in [4.78, 5) is 0. The summed E-state index contributed by atoms with van der Waals surface area (Å²) in [6.45, 7) is 3.96. The molecule has 0 fully saturated rings. The first-order valence-corrected chi connectivity index (χ1v) is 5.16. The van der Waals surface area contributed by atoms with Crippen LogP contribution in [0.25, 0.3) is 0 Å². The van der Waals surface area contributed by atoms with Crippen LogP contribution in [0.15, 0.2) is 47.6 Å². The van der Waals surface area contributed by atoms with Crippen molar-refractivity contribution in [2.45, 2.75) is 25.9 Å². The van der Waals surface area contributed by atoms with E-state index in [0.717, 1.165) is 5.57 Å². The van der Waals surface area contributed by atoms with E-state index in [2.05, 4.69) is 10.6 Å². The first kappa shape index (κ1) is 10.0. The van der Waals surface area contributed by atoms with Crippen LogP contribution in [-0.2, 0) is 0 Å². The summed E-state index contributed by atoms with van der Waals surface area (Å²) in [6.07, 6.45) is 9.58. The van der Waals surface area contributed by atoms with Gasteiger partial charge < -0.3 is 10.6 Å². The Morgan fingerprint density at radius 1 is 1.13 bits per heavy atom. The first-order valence-electron chi connectivity index (χ1n) is 5.16. The van der Waals surface area contributed by atoms with Crippen LogP contribution in [0.2, 0.25) is 0 Å². The molecule has 0 spiro atoms. The van der Waals surface area contributed by atoms with Crippen molar-refractivity contribution in [3.8, 4) is 0 Å². The second-order valence-corrected chi connectivity index (χ2v) is 3.93. The maximum atomic E-state index is 13.6. The lowest BCUT2D eigenvalue weighted by Crippen LogP contribution is -2.27. The van der Waals surface area contributed by atoms with Gasteiger partial charge in [0.15, 0.2) is 5.95 Å². The number of nitrogens with one attached hydrogen (secondary N) is 2. The number of hydrogen-bond donors (Lipinski definition) is 2. The highest BCUT2D eigenvalue weighted by Gasteiger charge is 2.15. The highest BCUT2D eigenvalue weighted by molar-refractivity contribution is 5.50. The van der Waals surface area contributed by atoms with E-state index in [4.69, 9.17) is 0 Å². The van der Waals surface area contributed by atoms with Gasteiger partial charge in [-0.05, 0) is 13.8 Å². The van der Waals surface area contributed by atoms with Crippen molar-refractivity contribution in [1.82, 2.24) is 10.6 Å². The molecule has 2 nitrogen and oxygen atoms in total. The molecule has 0 aliphatic carbocycles. The average molecular weight is 206 g/mol. The molecule has 80 valence electrons. The van der Waals surface area contributed by atoms with Gasteiger partial charge in [0, 0.05) is 29.4 Å². The molecule has 3 heteroatoms. The summed E-state index contributed by atoms with van der Waals surface area (Å²) in [5.74, 6) is -0.253. The van der Waals surface area contributed by atoms with Gasteiger partial charge in [-0.1, -0.05) is 24.3 Å². The Kier molecular flexibility index (Phi) is 2.62. The zero-order valence-corrected chi connectivity index (χ0v) is 8.92. The van der Waals surface area contributed by atoms with Gasteiger partial charge in [0.05, 0.1) is 0 Å². The number of allylic oxidation sites excluding steroid dienone is 4. The zero-order valence-electron chi connectivity index (χ0n) is 8.92. The van der Waals surface area contributed by atoms with Crippen LogP contribution in [0.1, 0.15) is 13.8 Å². The van der Waals surface area contributed by atoms with Crippen molar-refractivity contribution < 1.29 is 4.39 Å². The van der Waals surface area contributed by atoms with Gasteiger partial charge in [-0.3, -0.25) is 0 Å². The maximum absolute atomic E-state index is 13.6. The summed E-state index contributed by atoms with van der Waals surface area (Å²) < 4.78 is 13.6. The third kappa shape index (κ3) is 2.12. The van der Waals surface area contributed by atoms with Crippen LogP contribution in [-0.4, -0.2) is 12.1 Å². The molecule has 2 heterocycles. The molecule has 0 aromatic heterocycles. The molecule has 2 aliphatic rings. The van der Waals surface area contributed by atoms with Crippen molar-refractivity contribution >= 4 is 0 Å². The van der Waals surface area contributed by atoms with Gasteiger partial charge in [-0.25, -0.2) is 0 Å². The van der Waals surface area contributed by atoms with Crippen molar-refractivity contribution in [2.75, 3.05) is 0 Å². The lowest BCUT2D eigenvalue weighted by molar-refractivity contribution is 0.509. The van der Waals surface area contributed by atoms with Gasteiger partial charge in [0.1, 0.15) is 0 Å². The molecule has 2 atom stereocenters. The molecule has 2 unspecified atom stereocenters. The van der Waals surface area contributed by atoms with Crippen molar-refractivity contribution in [1.29, 1.82) is 0 Å². The minimum Gasteiger partial charge on any atom is -0.384 e. The highest BCUT2D eigenvalue weighted by Crippen LogP contribution is 2.22. The van der Waals surface area contributed by atoms with E-state index in [1.165, 1.54) is 0 Å². The monoisotopic (exact) mass is 206 g/mol. The molecular formula is C12H15FN2. The van der Waals surface area contributed by atoms with E-state index in [-0.39, 0.29) is 12.0 Å². The molecule has 0 bridgehead atoms. The minimum absolute atomic E-state index is 0.0637. The lowest BCUT2D eigenvalue weighted by atomic mass is 10.0. The Morgan fingerprint density at radius 3 is 2.47 bits per heavy atom. The third-order valence-corrected chi connectivity index (χ3v) is 2.52. The molecule has 0 aromatic carbocycles. The van der Waals surface area contributed by atoms with E-state index in [1.54, 1.807) is 0 Å². The predicted octanol–water partition coefficient (Wildman–Crippen LogP) is 2.15. The highest BCUT2D eigenvalue weighted by atomic mass is 19.1. The van der Waals surface area contributed by atoms with Crippen molar-refractivity contribution in [3.05, 3.63) is 47.6 Å². The largest absolute Gasteiger partial charge is 0.384 e. The van der Waals surface area contributed by atoms with E-state index >= 15 is 0 Å². The number of dihydropyridines is 2. The van der Waals surface area contributed by atoms with Crippen molar-refractivity contribution in [2.24, 2.45) is 0 Å². The Bertz CT molecular complexity index is 377. The van der Waals surface area contributed by atoms with Gasteiger partial charge in [0.2, 0.25) is 0 Å². The number of halogens is 1. The fourth-order valence-electron chi connectivity index (χ4n) is 1.60.